The van der Waals surface area contributed by atoms with Gasteiger partial charge in [-0.3, -0.25) is 9.59 Å². The molecule has 1 amide bonds. The van der Waals surface area contributed by atoms with E-state index in [1.165, 1.54) is 10.7 Å². The van der Waals surface area contributed by atoms with Gasteiger partial charge in [0.1, 0.15) is 0 Å². The number of amides is 1. The molecule has 0 aliphatic rings. The summed E-state index contributed by atoms with van der Waals surface area (Å²) in [6.07, 6.45) is 0.670. The van der Waals surface area contributed by atoms with Gasteiger partial charge in [-0.25, -0.2) is 4.68 Å². The van der Waals surface area contributed by atoms with E-state index in [4.69, 9.17) is 0 Å². The molecule has 1 heterocycles. The fourth-order valence-electron chi connectivity index (χ4n) is 2.02. The van der Waals surface area contributed by atoms with E-state index in [-0.39, 0.29) is 17.4 Å². The summed E-state index contributed by atoms with van der Waals surface area (Å²) in [6.45, 7) is 4.73. The Morgan fingerprint density at radius 2 is 1.91 bits per heavy atom. The third-order valence-corrected chi connectivity index (χ3v) is 3.31. The summed E-state index contributed by atoms with van der Waals surface area (Å²) in [5.74, 6) is 0.000554. The Balaban J connectivity index is 1.99. The van der Waals surface area contributed by atoms with Crippen LogP contribution in [-0.4, -0.2) is 22.2 Å². The van der Waals surface area contributed by atoms with Gasteiger partial charge in [-0.2, -0.15) is 5.10 Å². The van der Waals surface area contributed by atoms with Crippen LogP contribution >= 0.6 is 0 Å². The third kappa shape index (κ3) is 4.28. The molecule has 5 nitrogen and oxygen atoms in total. The number of nitrogens with one attached hydrogen (secondary N) is 1. The normalized spacial score (nSPS) is 10.7. The molecule has 1 aromatic heterocycles. The number of rotatable bonds is 6. The molecule has 2 aromatic rings. The van der Waals surface area contributed by atoms with Crippen LogP contribution in [-0.2, 0) is 11.3 Å². The molecule has 0 aliphatic heterocycles. The lowest BCUT2D eigenvalue weighted by atomic mass is 10.1. The first kappa shape index (κ1) is 15.9. The molecule has 0 saturated heterocycles. The van der Waals surface area contributed by atoms with Crippen LogP contribution in [0.3, 0.4) is 0 Å². The monoisotopic (exact) mass is 299 g/mol. The summed E-state index contributed by atoms with van der Waals surface area (Å²) in [4.78, 5) is 23.3. The summed E-state index contributed by atoms with van der Waals surface area (Å²) in [6, 6.07) is 13.0. The van der Waals surface area contributed by atoms with E-state index < -0.39 is 0 Å². The minimum atomic E-state index is -0.130. The molecular weight excluding hydrogens is 278 g/mol. The zero-order valence-corrected chi connectivity index (χ0v) is 13.0. The number of aromatic nitrogens is 2. The highest BCUT2D eigenvalue weighted by atomic mass is 16.2. The van der Waals surface area contributed by atoms with Gasteiger partial charge in [-0.1, -0.05) is 44.2 Å². The molecule has 0 aliphatic carbocycles. The van der Waals surface area contributed by atoms with Gasteiger partial charge in [-0.15, -0.1) is 0 Å². The Hall–Kier alpha value is -2.43. The first-order valence-corrected chi connectivity index (χ1v) is 7.49. The van der Waals surface area contributed by atoms with Crippen LogP contribution in [0.5, 0.6) is 0 Å². The molecule has 0 spiro atoms. The predicted molar refractivity (Wildman–Crippen MR) is 86.4 cm³/mol. The Labute approximate surface area is 130 Å². The Morgan fingerprint density at radius 3 is 2.59 bits per heavy atom. The van der Waals surface area contributed by atoms with Gasteiger partial charge in [0.25, 0.3) is 5.56 Å². The second kappa shape index (κ2) is 7.54. The molecule has 0 atom stereocenters. The molecule has 0 bridgehead atoms. The van der Waals surface area contributed by atoms with Crippen molar-refractivity contribution in [2.45, 2.75) is 26.8 Å². The lowest BCUT2D eigenvalue weighted by molar-refractivity contribution is -0.123. The van der Waals surface area contributed by atoms with Gasteiger partial charge in [0, 0.05) is 30.6 Å². The van der Waals surface area contributed by atoms with Gasteiger partial charge in [0.15, 0.2) is 0 Å². The zero-order chi connectivity index (χ0) is 15.9. The Morgan fingerprint density at radius 1 is 1.18 bits per heavy atom. The largest absolute Gasteiger partial charge is 0.356 e. The highest BCUT2D eigenvalue weighted by molar-refractivity contribution is 5.77. The first-order chi connectivity index (χ1) is 10.6. The van der Waals surface area contributed by atoms with E-state index in [1.54, 1.807) is 6.07 Å². The average molecular weight is 299 g/mol. The minimum Gasteiger partial charge on any atom is -0.356 e. The highest BCUT2D eigenvalue weighted by Gasteiger charge is 2.06. The van der Waals surface area contributed by atoms with E-state index in [1.807, 2.05) is 44.2 Å². The lowest BCUT2D eigenvalue weighted by Gasteiger charge is -2.09. The molecule has 0 saturated carbocycles. The van der Waals surface area contributed by atoms with Crippen molar-refractivity contribution in [3.05, 3.63) is 52.8 Å². The fourth-order valence-corrected chi connectivity index (χ4v) is 2.02. The van der Waals surface area contributed by atoms with Gasteiger partial charge in [0.05, 0.1) is 5.69 Å². The maximum absolute atomic E-state index is 11.9. The van der Waals surface area contributed by atoms with Crippen LogP contribution in [0.15, 0.2) is 47.3 Å². The van der Waals surface area contributed by atoms with Crippen molar-refractivity contribution in [3.63, 3.8) is 0 Å². The van der Waals surface area contributed by atoms with E-state index in [2.05, 4.69) is 10.4 Å². The standard InChI is InChI=1S/C17H21N3O2/c1-13(2)17(22)18-11-6-12-20-16(21)10-9-15(19-20)14-7-4-3-5-8-14/h3-5,7-10,13H,6,11-12H2,1-2H3,(H,18,22). The quantitative estimate of drug-likeness (QED) is 0.831. The Bertz CT molecular complexity index is 678. The van der Waals surface area contributed by atoms with E-state index in [9.17, 15) is 9.59 Å². The molecular formula is C17H21N3O2. The van der Waals surface area contributed by atoms with Crippen LogP contribution in [0.4, 0.5) is 0 Å². The molecule has 1 N–H and O–H groups in total. The van der Waals surface area contributed by atoms with Crippen molar-refractivity contribution in [1.29, 1.82) is 0 Å². The number of benzene rings is 1. The van der Waals surface area contributed by atoms with Crippen molar-refractivity contribution >= 4 is 5.91 Å². The molecule has 1 aromatic carbocycles. The Kier molecular flexibility index (Phi) is 5.47. The van der Waals surface area contributed by atoms with Crippen molar-refractivity contribution in [1.82, 2.24) is 15.1 Å². The topological polar surface area (TPSA) is 64.0 Å². The third-order valence-electron chi connectivity index (χ3n) is 3.31. The van der Waals surface area contributed by atoms with E-state index in [0.717, 1.165) is 11.3 Å². The molecule has 2 rings (SSSR count). The summed E-state index contributed by atoms with van der Waals surface area (Å²) in [5, 5.41) is 7.22. The van der Waals surface area contributed by atoms with Crippen molar-refractivity contribution in [2.24, 2.45) is 5.92 Å². The van der Waals surface area contributed by atoms with Gasteiger partial charge >= 0.3 is 0 Å². The fraction of sp³-hybridized carbons (Fsp3) is 0.353. The number of nitrogens with zero attached hydrogens (tertiary/aromatic N) is 2. The van der Waals surface area contributed by atoms with Crippen molar-refractivity contribution in [2.75, 3.05) is 6.54 Å². The van der Waals surface area contributed by atoms with Gasteiger partial charge < -0.3 is 5.32 Å². The lowest BCUT2D eigenvalue weighted by Crippen LogP contribution is -2.30. The second-order valence-electron chi connectivity index (χ2n) is 5.45. The minimum absolute atomic E-state index is 0.0257. The van der Waals surface area contributed by atoms with Crippen LogP contribution < -0.4 is 10.9 Å². The van der Waals surface area contributed by atoms with Crippen molar-refractivity contribution in [3.8, 4) is 11.3 Å². The number of carbonyl (C=O) groups is 1. The van der Waals surface area contributed by atoms with Crippen LogP contribution in [0.1, 0.15) is 20.3 Å². The van der Waals surface area contributed by atoms with Crippen LogP contribution in [0.25, 0.3) is 11.3 Å². The van der Waals surface area contributed by atoms with Crippen LogP contribution in [0, 0.1) is 5.92 Å². The number of carbonyl (C=O) groups excluding carboxylic acids is 1. The molecule has 0 fully saturated rings. The van der Waals surface area contributed by atoms with Crippen molar-refractivity contribution < 1.29 is 4.79 Å². The molecule has 5 heteroatoms. The maximum atomic E-state index is 11.9. The van der Waals surface area contributed by atoms with Gasteiger partial charge in [0.2, 0.25) is 5.91 Å². The predicted octanol–water partition coefficient (Wildman–Crippen LogP) is 2.07. The molecule has 22 heavy (non-hydrogen) atoms. The SMILES string of the molecule is CC(C)C(=O)NCCCn1nc(-c2ccccc2)ccc1=O. The highest BCUT2D eigenvalue weighted by Crippen LogP contribution is 2.13. The smallest absolute Gasteiger partial charge is 0.266 e. The van der Waals surface area contributed by atoms with Gasteiger partial charge in [-0.05, 0) is 12.5 Å². The summed E-state index contributed by atoms with van der Waals surface area (Å²) >= 11 is 0. The zero-order valence-electron chi connectivity index (χ0n) is 13.0. The molecule has 0 radical (unpaired) electrons. The number of hydrogen-bond donors (Lipinski definition) is 1. The number of hydrogen-bond acceptors (Lipinski definition) is 3. The summed E-state index contributed by atoms with van der Waals surface area (Å²) in [5.41, 5.74) is 1.62. The average Bonchev–Trinajstić information content (AvgIpc) is 2.53. The van der Waals surface area contributed by atoms with E-state index in [0.29, 0.717) is 19.5 Å². The summed E-state index contributed by atoms with van der Waals surface area (Å²) < 4.78 is 1.45. The second-order valence-corrected chi connectivity index (χ2v) is 5.45. The van der Waals surface area contributed by atoms with E-state index >= 15 is 0 Å². The maximum Gasteiger partial charge on any atom is 0.266 e. The molecule has 0 unspecified atom stereocenters. The number of aryl methyl sites for hydroxylation is 1. The summed E-state index contributed by atoms with van der Waals surface area (Å²) in [7, 11) is 0. The molecule has 116 valence electrons. The first-order valence-electron chi connectivity index (χ1n) is 7.49. The van der Waals surface area contributed by atoms with Crippen LogP contribution in [0.2, 0.25) is 0 Å².